The number of para-hydroxylation sites is 1. The van der Waals surface area contributed by atoms with Crippen LogP contribution < -0.4 is 10.6 Å². The fourth-order valence-corrected chi connectivity index (χ4v) is 4.53. The molecule has 8 heteroatoms. The van der Waals surface area contributed by atoms with Gasteiger partial charge < -0.3 is 25.4 Å². The quantitative estimate of drug-likeness (QED) is 0.395. The second-order valence-electron chi connectivity index (χ2n) is 11.6. The van der Waals surface area contributed by atoms with Crippen LogP contribution in [-0.2, 0) is 14.3 Å². The van der Waals surface area contributed by atoms with Gasteiger partial charge >= 0.3 is 6.09 Å². The number of aryl methyl sites for hydroxylation is 2. The molecule has 206 valence electrons. The monoisotopic (exact) mass is 523 g/mol. The third-order valence-corrected chi connectivity index (χ3v) is 6.33. The Hall–Kier alpha value is -3.55. The van der Waals surface area contributed by atoms with E-state index in [1.807, 2.05) is 45.9 Å². The number of phenolic OH excluding ortho intramolecular Hbond substituents is 1. The second-order valence-corrected chi connectivity index (χ2v) is 11.6. The van der Waals surface area contributed by atoms with Crippen molar-refractivity contribution in [3.05, 3.63) is 59.2 Å². The number of rotatable bonds is 9. The van der Waals surface area contributed by atoms with E-state index in [0.29, 0.717) is 17.7 Å². The van der Waals surface area contributed by atoms with Gasteiger partial charge in [-0.1, -0.05) is 44.2 Å². The zero-order valence-corrected chi connectivity index (χ0v) is 23.5. The molecule has 1 saturated carbocycles. The van der Waals surface area contributed by atoms with Gasteiger partial charge in [-0.05, 0) is 88.6 Å². The van der Waals surface area contributed by atoms with E-state index >= 15 is 0 Å². The van der Waals surface area contributed by atoms with Crippen molar-refractivity contribution in [1.82, 2.24) is 10.2 Å². The first-order valence-corrected chi connectivity index (χ1v) is 13.2. The fraction of sp³-hybridized carbons (Fsp3) is 0.500. The predicted molar refractivity (Wildman–Crippen MR) is 148 cm³/mol. The van der Waals surface area contributed by atoms with E-state index in [1.165, 1.54) is 12.1 Å². The molecular weight excluding hydrogens is 482 g/mol. The van der Waals surface area contributed by atoms with Crippen molar-refractivity contribution in [1.29, 1.82) is 0 Å². The molecule has 1 aliphatic rings. The molecule has 2 aromatic rings. The summed E-state index contributed by atoms with van der Waals surface area (Å²) in [5.74, 6) is -0.630. The molecule has 3 amide bonds. The smallest absolute Gasteiger partial charge is 0.408 e. The molecule has 1 fully saturated rings. The molecule has 0 heterocycles. The van der Waals surface area contributed by atoms with Crippen LogP contribution in [0.5, 0.6) is 5.75 Å². The fourth-order valence-electron chi connectivity index (χ4n) is 4.53. The van der Waals surface area contributed by atoms with Gasteiger partial charge in [0.05, 0.1) is 0 Å². The summed E-state index contributed by atoms with van der Waals surface area (Å²) in [4.78, 5) is 42.4. The third-order valence-electron chi connectivity index (χ3n) is 6.33. The van der Waals surface area contributed by atoms with Crippen LogP contribution in [0.3, 0.4) is 0 Å². The molecule has 8 nitrogen and oxygen atoms in total. The van der Waals surface area contributed by atoms with Gasteiger partial charge in [0.25, 0.3) is 5.91 Å². The van der Waals surface area contributed by atoms with Crippen LogP contribution in [0, 0.1) is 19.8 Å². The average molecular weight is 524 g/mol. The van der Waals surface area contributed by atoms with Gasteiger partial charge in [0.15, 0.2) is 0 Å². The number of anilines is 1. The summed E-state index contributed by atoms with van der Waals surface area (Å²) in [6.45, 7) is 13.1. The van der Waals surface area contributed by atoms with Crippen LogP contribution >= 0.6 is 0 Å². The Morgan fingerprint density at radius 3 is 2.18 bits per heavy atom. The number of ether oxygens (including phenoxy) is 1. The van der Waals surface area contributed by atoms with Crippen LogP contribution in [0.1, 0.15) is 76.6 Å². The highest BCUT2D eigenvalue weighted by atomic mass is 16.6. The molecule has 2 aromatic carbocycles. The van der Waals surface area contributed by atoms with Gasteiger partial charge in [-0.25, -0.2) is 4.79 Å². The number of hydrogen-bond donors (Lipinski definition) is 3. The summed E-state index contributed by atoms with van der Waals surface area (Å²) < 4.78 is 5.44. The number of benzene rings is 2. The number of carbonyl (C=O) groups is 3. The Labute approximate surface area is 225 Å². The van der Waals surface area contributed by atoms with E-state index in [1.54, 1.807) is 37.8 Å². The Bertz CT molecular complexity index is 1150. The highest BCUT2D eigenvalue weighted by molar-refractivity contribution is 6.00. The Kier molecular flexibility index (Phi) is 9.07. The number of nitrogens with one attached hydrogen (secondary N) is 2. The molecule has 0 saturated heterocycles. The lowest BCUT2D eigenvalue weighted by molar-refractivity contribution is -0.141. The van der Waals surface area contributed by atoms with Crippen LogP contribution in [-0.4, -0.2) is 45.6 Å². The number of aromatic hydroxyl groups is 1. The zero-order chi connectivity index (χ0) is 28.2. The first-order chi connectivity index (χ1) is 17.8. The van der Waals surface area contributed by atoms with Crippen LogP contribution in [0.15, 0.2) is 42.5 Å². The molecule has 2 atom stereocenters. The minimum absolute atomic E-state index is 0.00109. The Morgan fingerprint density at radius 1 is 1.05 bits per heavy atom. The molecule has 0 aliphatic heterocycles. The van der Waals surface area contributed by atoms with Crippen molar-refractivity contribution in [2.45, 2.75) is 91.5 Å². The highest BCUT2D eigenvalue weighted by Gasteiger charge is 2.44. The lowest BCUT2D eigenvalue weighted by atomic mass is 9.98. The molecular formula is C30H41N3O5. The number of alkyl carbamates (subject to hydrolysis) is 1. The third kappa shape index (κ3) is 7.73. The molecule has 0 radical (unpaired) electrons. The van der Waals surface area contributed by atoms with E-state index in [4.69, 9.17) is 4.74 Å². The summed E-state index contributed by atoms with van der Waals surface area (Å²) in [5.41, 5.74) is 2.27. The second kappa shape index (κ2) is 11.9. The number of nitrogens with zero attached hydrogens (tertiary/aromatic N) is 1. The van der Waals surface area contributed by atoms with Crippen molar-refractivity contribution in [2.24, 2.45) is 5.92 Å². The maximum Gasteiger partial charge on any atom is 0.408 e. The van der Waals surface area contributed by atoms with Gasteiger partial charge in [0.1, 0.15) is 23.4 Å². The van der Waals surface area contributed by atoms with Crippen LogP contribution in [0.2, 0.25) is 0 Å². The zero-order valence-electron chi connectivity index (χ0n) is 23.5. The number of carbonyl (C=O) groups excluding carboxylic acids is 3. The van der Waals surface area contributed by atoms with E-state index in [0.717, 1.165) is 24.0 Å². The molecule has 3 N–H and O–H groups in total. The van der Waals surface area contributed by atoms with Crippen LogP contribution in [0.4, 0.5) is 10.5 Å². The Morgan fingerprint density at radius 2 is 1.66 bits per heavy atom. The minimum Gasteiger partial charge on any atom is -0.508 e. The summed E-state index contributed by atoms with van der Waals surface area (Å²) in [5, 5.41) is 16.0. The molecule has 2 unspecified atom stereocenters. The standard InChI is InChI=1S/C30H41N3O5/c1-18(2)16-24(31-29(37)38-30(5,6)7)28(36)33(22-14-15-22)26(21-12-9-13-23(34)17-21)27(35)32-25-19(3)10-8-11-20(25)4/h8-13,17-18,22,24,26,34H,14-16H2,1-7H3,(H,31,37)(H,32,35). The SMILES string of the molecule is Cc1cccc(C)c1NC(=O)C(c1cccc(O)c1)N(C(=O)C(CC(C)C)NC(=O)OC(C)(C)C)C1CC1. The average Bonchev–Trinajstić information content (AvgIpc) is 3.62. The summed E-state index contributed by atoms with van der Waals surface area (Å²) in [7, 11) is 0. The van der Waals surface area contributed by atoms with E-state index in [9.17, 15) is 19.5 Å². The summed E-state index contributed by atoms with van der Waals surface area (Å²) in [6, 6.07) is 10.1. The van der Waals surface area contributed by atoms with Crippen molar-refractivity contribution in [3.8, 4) is 5.75 Å². The van der Waals surface area contributed by atoms with E-state index < -0.39 is 23.8 Å². The normalized spacial score (nSPS) is 14.9. The number of amides is 3. The van der Waals surface area contributed by atoms with Crippen LogP contribution in [0.25, 0.3) is 0 Å². The molecule has 0 bridgehead atoms. The van der Waals surface area contributed by atoms with Crippen molar-refractivity contribution in [3.63, 3.8) is 0 Å². The molecule has 0 spiro atoms. The van der Waals surface area contributed by atoms with Gasteiger partial charge in [-0.3, -0.25) is 9.59 Å². The molecule has 1 aliphatic carbocycles. The maximum absolute atomic E-state index is 14.2. The lowest BCUT2D eigenvalue weighted by Crippen LogP contribution is -2.53. The largest absolute Gasteiger partial charge is 0.508 e. The highest BCUT2D eigenvalue weighted by Crippen LogP contribution is 2.37. The van der Waals surface area contributed by atoms with Gasteiger partial charge in [-0.15, -0.1) is 0 Å². The van der Waals surface area contributed by atoms with E-state index in [2.05, 4.69) is 10.6 Å². The van der Waals surface area contributed by atoms with Gasteiger partial charge in [0, 0.05) is 11.7 Å². The molecule has 3 rings (SSSR count). The Balaban J connectivity index is 2.02. The minimum atomic E-state index is -1.00. The van der Waals surface area contributed by atoms with Gasteiger partial charge in [0.2, 0.25) is 5.91 Å². The first kappa shape index (κ1) is 29.0. The summed E-state index contributed by atoms with van der Waals surface area (Å²) >= 11 is 0. The van der Waals surface area contributed by atoms with Crippen molar-refractivity contribution < 1.29 is 24.2 Å². The maximum atomic E-state index is 14.2. The predicted octanol–water partition coefficient (Wildman–Crippen LogP) is 5.62. The summed E-state index contributed by atoms with van der Waals surface area (Å²) in [6.07, 6.45) is 1.20. The molecule has 0 aromatic heterocycles. The number of hydrogen-bond acceptors (Lipinski definition) is 5. The van der Waals surface area contributed by atoms with Gasteiger partial charge in [-0.2, -0.15) is 0 Å². The van der Waals surface area contributed by atoms with Crippen molar-refractivity contribution >= 4 is 23.6 Å². The molecule has 38 heavy (non-hydrogen) atoms. The lowest BCUT2D eigenvalue weighted by Gasteiger charge is -2.35. The van der Waals surface area contributed by atoms with E-state index in [-0.39, 0.29) is 29.5 Å². The topological polar surface area (TPSA) is 108 Å². The number of phenols is 1. The first-order valence-electron chi connectivity index (χ1n) is 13.2. The van der Waals surface area contributed by atoms with Crippen molar-refractivity contribution in [2.75, 3.05) is 5.32 Å².